The van der Waals surface area contributed by atoms with Crippen molar-refractivity contribution in [1.82, 2.24) is 0 Å². The molecule has 0 aromatic heterocycles. The van der Waals surface area contributed by atoms with E-state index in [-0.39, 0.29) is 16.7 Å². The van der Waals surface area contributed by atoms with Gasteiger partial charge in [0.05, 0.1) is 22.8 Å². The quantitative estimate of drug-likeness (QED) is 0.208. The molecular formula is C39H40O16. The molecule has 5 rings (SSSR count). The SMILES string of the molecule is CC(=O)OC[C@H]1OC(O)[C@H](O[C@@H]2O[C@@H](C)[C@@H](OC(=O)c3ccccc3)[C@@H](OC(=O)c3ccccc3)[C@@H]2OC(=O)c2ccccc2)[C@@H](OC(C)=O)[C@H]1OC(C)=O. The second-order valence-corrected chi connectivity index (χ2v) is 12.5. The Labute approximate surface area is 315 Å². The van der Waals surface area contributed by atoms with Gasteiger partial charge < -0.3 is 47.7 Å². The van der Waals surface area contributed by atoms with E-state index < -0.39 is 104 Å². The number of rotatable bonds is 12. The summed E-state index contributed by atoms with van der Waals surface area (Å²) in [6, 6.07) is 23.6. The number of carbonyl (C=O) groups excluding carboxylic acids is 6. The van der Waals surface area contributed by atoms with Gasteiger partial charge >= 0.3 is 35.8 Å². The molecule has 0 saturated carbocycles. The Morgan fingerprint density at radius 1 is 0.527 bits per heavy atom. The molecule has 16 heteroatoms. The Hall–Kier alpha value is -5.68. The molecule has 0 spiro atoms. The molecule has 1 N–H and O–H groups in total. The third-order valence-electron chi connectivity index (χ3n) is 8.44. The average Bonchev–Trinajstić information content (AvgIpc) is 3.16. The third kappa shape index (κ3) is 10.5. The van der Waals surface area contributed by atoms with Crippen LogP contribution in [0, 0.1) is 0 Å². The first-order chi connectivity index (χ1) is 26.3. The molecule has 2 saturated heterocycles. The fraction of sp³-hybridized carbons (Fsp3) is 0.385. The van der Waals surface area contributed by atoms with Crippen molar-refractivity contribution in [2.75, 3.05) is 6.61 Å². The minimum Gasteiger partial charge on any atom is -0.463 e. The standard InChI is InChI=1S/C39H40O16/c1-21-29(52-35(43)25-14-8-5-9-15-25)31(53-36(44)26-16-10-6-11-17-26)34(54-37(45)27-18-12-7-13-19-27)39(48-21)55-33-32(50-24(4)42)30(49-23(3)41)28(51-38(33)46)20-47-22(2)40/h5-19,21,28-34,38-39,46H,20H2,1-4H3/t21-,28+,29+,30-,31+,32-,33+,34-,38?,39-/m0/s1. The minimum atomic E-state index is -1.97. The second-order valence-electron chi connectivity index (χ2n) is 12.5. The first-order valence-electron chi connectivity index (χ1n) is 17.2. The van der Waals surface area contributed by atoms with Crippen LogP contribution >= 0.6 is 0 Å². The molecule has 0 aliphatic carbocycles. The van der Waals surface area contributed by atoms with Crippen LogP contribution in [0.1, 0.15) is 58.8 Å². The van der Waals surface area contributed by atoms with Crippen LogP contribution < -0.4 is 0 Å². The zero-order valence-corrected chi connectivity index (χ0v) is 30.2. The van der Waals surface area contributed by atoms with E-state index in [1.54, 1.807) is 54.6 Å². The van der Waals surface area contributed by atoms with Crippen LogP contribution in [0.25, 0.3) is 0 Å². The molecule has 2 aliphatic heterocycles. The van der Waals surface area contributed by atoms with Crippen LogP contribution in [0.5, 0.6) is 0 Å². The van der Waals surface area contributed by atoms with Gasteiger partial charge in [-0.3, -0.25) is 14.4 Å². The van der Waals surface area contributed by atoms with Crippen molar-refractivity contribution in [1.29, 1.82) is 0 Å². The van der Waals surface area contributed by atoms with Gasteiger partial charge in [0.25, 0.3) is 0 Å². The summed E-state index contributed by atoms with van der Waals surface area (Å²) in [5.41, 5.74) is 0.341. The molecule has 292 valence electrons. The van der Waals surface area contributed by atoms with Gasteiger partial charge in [-0.1, -0.05) is 54.6 Å². The normalized spacial score (nSPS) is 27.4. The maximum atomic E-state index is 13.7. The Morgan fingerprint density at radius 3 is 1.40 bits per heavy atom. The van der Waals surface area contributed by atoms with E-state index in [9.17, 15) is 33.9 Å². The number of aliphatic hydroxyl groups excluding tert-OH is 1. The summed E-state index contributed by atoms with van der Waals surface area (Å²) in [7, 11) is 0. The van der Waals surface area contributed by atoms with E-state index in [1.807, 2.05) is 0 Å². The zero-order valence-electron chi connectivity index (χ0n) is 30.2. The summed E-state index contributed by atoms with van der Waals surface area (Å²) in [5, 5.41) is 11.3. The maximum Gasteiger partial charge on any atom is 0.338 e. The minimum absolute atomic E-state index is 0.0768. The van der Waals surface area contributed by atoms with Crippen molar-refractivity contribution in [3.8, 4) is 0 Å². The highest BCUT2D eigenvalue weighted by Gasteiger charge is 2.56. The summed E-state index contributed by atoms with van der Waals surface area (Å²) in [6.45, 7) is 4.21. The summed E-state index contributed by atoms with van der Waals surface area (Å²) in [5.74, 6) is -5.08. The predicted molar refractivity (Wildman–Crippen MR) is 185 cm³/mol. The highest BCUT2D eigenvalue weighted by molar-refractivity contribution is 5.91. The highest BCUT2D eigenvalue weighted by Crippen LogP contribution is 2.35. The number of aliphatic hydroxyl groups is 1. The number of hydrogen-bond donors (Lipinski definition) is 1. The Morgan fingerprint density at radius 2 is 0.945 bits per heavy atom. The van der Waals surface area contributed by atoms with Crippen molar-refractivity contribution in [2.24, 2.45) is 0 Å². The third-order valence-corrected chi connectivity index (χ3v) is 8.44. The largest absolute Gasteiger partial charge is 0.463 e. The molecule has 1 unspecified atom stereocenters. The number of benzene rings is 3. The lowest BCUT2D eigenvalue weighted by Gasteiger charge is -2.47. The number of esters is 6. The lowest BCUT2D eigenvalue weighted by molar-refractivity contribution is -0.358. The maximum absolute atomic E-state index is 13.7. The Kier molecular flexibility index (Phi) is 13.7. The first kappa shape index (κ1) is 40.5. The molecule has 0 radical (unpaired) electrons. The van der Waals surface area contributed by atoms with Gasteiger partial charge in [0.15, 0.2) is 49.2 Å². The summed E-state index contributed by atoms with van der Waals surface area (Å²) in [4.78, 5) is 77.0. The summed E-state index contributed by atoms with van der Waals surface area (Å²) in [6.07, 6.45) is -15.9. The molecule has 3 aromatic rings. The van der Waals surface area contributed by atoms with Gasteiger partial charge in [-0.2, -0.15) is 0 Å². The first-order valence-corrected chi connectivity index (χ1v) is 17.2. The number of carbonyl (C=O) groups is 6. The van der Waals surface area contributed by atoms with Crippen molar-refractivity contribution in [3.05, 3.63) is 108 Å². The topological polar surface area (TPSA) is 206 Å². The molecule has 55 heavy (non-hydrogen) atoms. The average molecular weight is 765 g/mol. The smallest absolute Gasteiger partial charge is 0.338 e. The second kappa shape index (κ2) is 18.6. The number of hydrogen-bond acceptors (Lipinski definition) is 16. The monoisotopic (exact) mass is 764 g/mol. The fourth-order valence-corrected chi connectivity index (χ4v) is 5.99. The summed E-state index contributed by atoms with van der Waals surface area (Å²) < 4.78 is 51.9. The van der Waals surface area contributed by atoms with Gasteiger partial charge in [0.2, 0.25) is 0 Å². The molecule has 10 atom stereocenters. The van der Waals surface area contributed by atoms with E-state index in [0.717, 1.165) is 20.8 Å². The number of ether oxygens (including phenoxy) is 9. The van der Waals surface area contributed by atoms with Gasteiger partial charge in [0.1, 0.15) is 12.7 Å². The van der Waals surface area contributed by atoms with Crippen LogP contribution in [0.4, 0.5) is 0 Å². The van der Waals surface area contributed by atoms with Crippen molar-refractivity contribution >= 4 is 35.8 Å². The van der Waals surface area contributed by atoms with E-state index >= 15 is 0 Å². The fourth-order valence-electron chi connectivity index (χ4n) is 5.99. The predicted octanol–water partition coefficient (Wildman–Crippen LogP) is 2.94. The molecule has 0 bridgehead atoms. The van der Waals surface area contributed by atoms with E-state index in [4.69, 9.17) is 42.6 Å². The molecule has 0 amide bonds. The molecule has 16 nitrogen and oxygen atoms in total. The Bertz CT molecular complexity index is 1800. The van der Waals surface area contributed by atoms with Crippen LogP contribution in [-0.2, 0) is 57.0 Å². The molecule has 2 aliphatic rings. The van der Waals surface area contributed by atoms with E-state index in [0.29, 0.717) is 0 Å². The molecule has 2 fully saturated rings. The Balaban J connectivity index is 1.56. The van der Waals surface area contributed by atoms with E-state index in [1.165, 1.54) is 43.3 Å². The highest BCUT2D eigenvalue weighted by atomic mass is 16.8. The van der Waals surface area contributed by atoms with Crippen LogP contribution in [0.15, 0.2) is 91.0 Å². The van der Waals surface area contributed by atoms with Gasteiger partial charge in [0, 0.05) is 20.8 Å². The molecule has 3 aromatic carbocycles. The van der Waals surface area contributed by atoms with Gasteiger partial charge in [-0.25, -0.2) is 14.4 Å². The van der Waals surface area contributed by atoms with Crippen LogP contribution in [0.2, 0.25) is 0 Å². The van der Waals surface area contributed by atoms with Gasteiger partial charge in [-0.15, -0.1) is 0 Å². The van der Waals surface area contributed by atoms with Crippen molar-refractivity contribution < 1.29 is 76.5 Å². The van der Waals surface area contributed by atoms with E-state index in [2.05, 4.69) is 0 Å². The molecular weight excluding hydrogens is 724 g/mol. The zero-order chi connectivity index (χ0) is 39.6. The van der Waals surface area contributed by atoms with Crippen molar-refractivity contribution in [2.45, 2.75) is 89.1 Å². The molecule has 2 heterocycles. The summed E-state index contributed by atoms with van der Waals surface area (Å²) >= 11 is 0. The van der Waals surface area contributed by atoms with Crippen molar-refractivity contribution in [3.63, 3.8) is 0 Å². The van der Waals surface area contributed by atoms with Crippen LogP contribution in [-0.4, -0.2) is 109 Å². The van der Waals surface area contributed by atoms with Crippen LogP contribution in [0.3, 0.4) is 0 Å². The van der Waals surface area contributed by atoms with Gasteiger partial charge in [-0.05, 0) is 43.3 Å². The lowest BCUT2D eigenvalue weighted by atomic mass is 9.96. The lowest BCUT2D eigenvalue weighted by Crippen LogP contribution is -2.66.